The van der Waals surface area contributed by atoms with E-state index < -0.39 is 18.7 Å². The van der Waals surface area contributed by atoms with Gasteiger partial charge in [0.15, 0.2) is 0 Å². The molecule has 0 aliphatic heterocycles. The largest absolute Gasteiger partial charge is 0.489 e. The summed E-state index contributed by atoms with van der Waals surface area (Å²) in [7, 11) is 0. The Morgan fingerprint density at radius 2 is 1.85 bits per heavy atom. The predicted octanol–water partition coefficient (Wildman–Crippen LogP) is 5.58. The third-order valence-electron chi connectivity index (χ3n) is 4.31. The van der Waals surface area contributed by atoms with Gasteiger partial charge in [0.1, 0.15) is 12.4 Å². The molecule has 6 heteroatoms. The zero-order valence-electron chi connectivity index (χ0n) is 14.6. The molecule has 27 heavy (non-hydrogen) atoms. The average molecular weight is 375 g/mol. The number of pyridine rings is 1. The van der Waals surface area contributed by atoms with Crippen molar-refractivity contribution < 1.29 is 23.0 Å². The number of benzene rings is 2. The molecule has 1 heterocycles. The Morgan fingerprint density at radius 1 is 1.04 bits per heavy atom. The van der Waals surface area contributed by atoms with Gasteiger partial charge in [0, 0.05) is 23.6 Å². The van der Waals surface area contributed by atoms with E-state index in [9.17, 15) is 18.3 Å². The van der Waals surface area contributed by atoms with Gasteiger partial charge in [-0.1, -0.05) is 30.3 Å². The Labute approximate surface area is 155 Å². The number of halogens is 3. The van der Waals surface area contributed by atoms with Crippen LogP contribution in [0.15, 0.2) is 60.8 Å². The van der Waals surface area contributed by atoms with Crippen molar-refractivity contribution in [1.82, 2.24) is 4.98 Å². The fourth-order valence-corrected chi connectivity index (χ4v) is 2.92. The summed E-state index contributed by atoms with van der Waals surface area (Å²) in [6, 6.07) is 16.5. The Hall–Kier alpha value is -2.60. The molecule has 1 aromatic heterocycles. The molecule has 0 spiro atoms. The fraction of sp³-hybridized carbons (Fsp3) is 0.286. The number of ether oxygens (including phenoxy) is 1. The van der Waals surface area contributed by atoms with Gasteiger partial charge >= 0.3 is 6.18 Å². The number of aliphatic hydroxyl groups excluding tert-OH is 1. The monoisotopic (exact) mass is 375 g/mol. The average Bonchev–Trinajstić information content (AvgIpc) is 2.65. The highest BCUT2D eigenvalue weighted by molar-refractivity contribution is 5.81. The van der Waals surface area contributed by atoms with E-state index in [4.69, 9.17) is 4.74 Å². The molecule has 3 rings (SSSR count). The number of hydrogen-bond acceptors (Lipinski definition) is 3. The van der Waals surface area contributed by atoms with E-state index >= 15 is 0 Å². The van der Waals surface area contributed by atoms with Gasteiger partial charge in [-0.25, -0.2) is 0 Å². The van der Waals surface area contributed by atoms with E-state index in [2.05, 4.69) is 4.98 Å². The van der Waals surface area contributed by atoms with Crippen LogP contribution in [0.1, 0.15) is 36.5 Å². The minimum absolute atomic E-state index is 0.0535. The molecular weight excluding hydrogens is 355 g/mol. The second kappa shape index (κ2) is 8.39. The summed E-state index contributed by atoms with van der Waals surface area (Å²) >= 11 is 0. The molecule has 0 aliphatic carbocycles. The lowest BCUT2D eigenvalue weighted by Crippen LogP contribution is -2.08. The molecule has 0 aliphatic rings. The van der Waals surface area contributed by atoms with Gasteiger partial charge in [0.2, 0.25) is 0 Å². The van der Waals surface area contributed by atoms with E-state index in [1.807, 2.05) is 30.3 Å². The second-order valence-electron chi connectivity index (χ2n) is 6.37. The van der Waals surface area contributed by atoms with Crippen molar-refractivity contribution in [3.05, 3.63) is 71.9 Å². The third kappa shape index (κ3) is 5.44. The lowest BCUT2D eigenvalue weighted by Gasteiger charge is -2.14. The number of nitrogens with zero attached hydrogens (tertiary/aromatic N) is 1. The molecule has 1 N–H and O–H groups in total. The van der Waals surface area contributed by atoms with Crippen LogP contribution in [0.2, 0.25) is 0 Å². The van der Waals surface area contributed by atoms with E-state index in [0.717, 1.165) is 16.5 Å². The van der Waals surface area contributed by atoms with Crippen LogP contribution in [0.3, 0.4) is 0 Å². The van der Waals surface area contributed by atoms with Crippen molar-refractivity contribution in [2.24, 2.45) is 0 Å². The highest BCUT2D eigenvalue weighted by atomic mass is 19.4. The van der Waals surface area contributed by atoms with E-state index in [0.29, 0.717) is 17.9 Å². The molecule has 3 aromatic rings. The Balaban J connectivity index is 1.63. The third-order valence-corrected chi connectivity index (χ3v) is 4.31. The molecule has 0 saturated heterocycles. The minimum atomic E-state index is -4.20. The van der Waals surface area contributed by atoms with Crippen LogP contribution >= 0.6 is 0 Å². The molecule has 0 fully saturated rings. The van der Waals surface area contributed by atoms with Crippen LogP contribution in [0.25, 0.3) is 10.9 Å². The zero-order valence-corrected chi connectivity index (χ0v) is 14.6. The van der Waals surface area contributed by atoms with Crippen molar-refractivity contribution >= 4 is 10.9 Å². The van der Waals surface area contributed by atoms with E-state index in [-0.39, 0.29) is 12.8 Å². The first-order chi connectivity index (χ1) is 12.9. The van der Waals surface area contributed by atoms with Gasteiger partial charge < -0.3 is 9.84 Å². The van der Waals surface area contributed by atoms with Crippen LogP contribution in [-0.4, -0.2) is 16.3 Å². The van der Waals surface area contributed by atoms with Gasteiger partial charge in [-0.15, -0.1) is 0 Å². The van der Waals surface area contributed by atoms with E-state index in [1.165, 1.54) is 0 Å². The molecular formula is C21H20F3NO2. The lowest BCUT2D eigenvalue weighted by molar-refractivity contribution is -0.136. The molecule has 142 valence electrons. The van der Waals surface area contributed by atoms with Gasteiger partial charge in [-0.05, 0) is 42.7 Å². The molecule has 3 nitrogen and oxygen atoms in total. The quantitative estimate of drug-likeness (QED) is 0.586. The van der Waals surface area contributed by atoms with Crippen LogP contribution in [0.5, 0.6) is 5.75 Å². The lowest BCUT2D eigenvalue weighted by atomic mass is 10.0. The summed E-state index contributed by atoms with van der Waals surface area (Å²) in [5.41, 5.74) is 2.42. The molecule has 0 saturated carbocycles. The number of aliphatic hydroxyl groups is 1. The molecule has 0 amide bonds. The number of para-hydroxylation sites is 1. The number of rotatable bonds is 7. The van der Waals surface area contributed by atoms with Crippen LogP contribution in [0, 0.1) is 0 Å². The van der Waals surface area contributed by atoms with Crippen LogP contribution in [0.4, 0.5) is 13.2 Å². The highest BCUT2D eigenvalue weighted by Crippen LogP contribution is 2.28. The summed E-state index contributed by atoms with van der Waals surface area (Å²) in [6.45, 7) is 0.330. The topological polar surface area (TPSA) is 42.4 Å². The Bertz CT molecular complexity index is 890. The van der Waals surface area contributed by atoms with Crippen molar-refractivity contribution in [3.63, 3.8) is 0 Å². The molecule has 1 unspecified atom stereocenters. The van der Waals surface area contributed by atoms with E-state index in [1.54, 1.807) is 30.5 Å². The minimum Gasteiger partial charge on any atom is -0.489 e. The number of alkyl halides is 3. The maximum absolute atomic E-state index is 12.2. The smallest absolute Gasteiger partial charge is 0.389 e. The van der Waals surface area contributed by atoms with Gasteiger partial charge in [-0.2, -0.15) is 13.2 Å². The Kier molecular flexibility index (Phi) is 5.96. The van der Waals surface area contributed by atoms with Crippen LogP contribution < -0.4 is 4.74 Å². The summed E-state index contributed by atoms with van der Waals surface area (Å²) < 4.78 is 42.5. The number of hydrogen-bond donors (Lipinski definition) is 1. The first-order valence-corrected chi connectivity index (χ1v) is 8.72. The Morgan fingerprint density at radius 3 is 2.67 bits per heavy atom. The summed E-state index contributed by atoms with van der Waals surface area (Å²) in [6.07, 6.45) is -4.37. The van der Waals surface area contributed by atoms with Crippen molar-refractivity contribution in [1.29, 1.82) is 0 Å². The standard InChI is InChI=1S/C21H20F3NO2/c22-21(23,24)11-4-9-20(26)15-5-3-6-17(13-15)27-14-16-10-12-25-19-8-2-1-7-18(16)19/h1-3,5-8,10,12-13,20,26H,4,9,11,14H2. The first kappa shape index (κ1) is 19.2. The summed E-state index contributed by atoms with van der Waals surface area (Å²) in [5, 5.41) is 11.1. The maximum atomic E-state index is 12.2. The normalized spacial score (nSPS) is 12.9. The summed E-state index contributed by atoms with van der Waals surface area (Å²) in [4.78, 5) is 4.31. The molecule has 0 bridgehead atoms. The zero-order chi connectivity index (χ0) is 19.3. The second-order valence-corrected chi connectivity index (χ2v) is 6.37. The SMILES string of the molecule is OC(CCCC(F)(F)F)c1cccc(OCc2ccnc3ccccc23)c1. The van der Waals surface area contributed by atoms with Gasteiger partial charge in [-0.3, -0.25) is 4.98 Å². The molecule has 1 atom stereocenters. The van der Waals surface area contributed by atoms with Crippen molar-refractivity contribution in [3.8, 4) is 5.75 Å². The van der Waals surface area contributed by atoms with Crippen molar-refractivity contribution in [2.45, 2.75) is 38.1 Å². The van der Waals surface area contributed by atoms with Crippen molar-refractivity contribution in [2.75, 3.05) is 0 Å². The predicted molar refractivity (Wildman–Crippen MR) is 97.4 cm³/mol. The van der Waals surface area contributed by atoms with Gasteiger partial charge in [0.05, 0.1) is 11.6 Å². The number of fused-ring (bicyclic) bond motifs is 1. The maximum Gasteiger partial charge on any atom is 0.389 e. The van der Waals surface area contributed by atoms with Gasteiger partial charge in [0.25, 0.3) is 0 Å². The molecule has 0 radical (unpaired) electrons. The highest BCUT2D eigenvalue weighted by Gasteiger charge is 2.26. The first-order valence-electron chi connectivity index (χ1n) is 8.72. The fourth-order valence-electron chi connectivity index (χ4n) is 2.92. The summed E-state index contributed by atoms with van der Waals surface area (Å²) in [5.74, 6) is 0.559. The van der Waals surface area contributed by atoms with Crippen LogP contribution in [-0.2, 0) is 6.61 Å². The number of aromatic nitrogens is 1. The molecule has 2 aromatic carbocycles.